The van der Waals surface area contributed by atoms with E-state index < -0.39 is 21.8 Å². The molecule has 3 N–H and O–H groups in total. The van der Waals surface area contributed by atoms with Crippen LogP contribution in [-0.2, 0) is 26.7 Å². The lowest BCUT2D eigenvalue weighted by Gasteiger charge is -2.21. The fourth-order valence-electron chi connectivity index (χ4n) is 2.43. The van der Waals surface area contributed by atoms with Crippen LogP contribution in [0.4, 0.5) is 4.39 Å². The second-order valence-corrected chi connectivity index (χ2v) is 8.96. The molecule has 1 aromatic heterocycles. The zero-order chi connectivity index (χ0) is 20.4. The van der Waals surface area contributed by atoms with Gasteiger partial charge in [-0.2, -0.15) is 0 Å². The largest absolute Gasteiger partial charge is 0.481 e. The van der Waals surface area contributed by atoms with Crippen LogP contribution in [0.3, 0.4) is 0 Å². The van der Waals surface area contributed by atoms with Crippen molar-refractivity contribution in [3.63, 3.8) is 0 Å². The van der Waals surface area contributed by atoms with Crippen LogP contribution >= 0.6 is 0 Å². The number of benzene rings is 1. The molecule has 0 aliphatic heterocycles. The predicted octanol–water partition coefficient (Wildman–Crippen LogP) is 2.82. The summed E-state index contributed by atoms with van der Waals surface area (Å²) in [5.74, 6) is -1.32. The number of carboxylic acid groups (broad SMARTS) is 1. The first-order valence-electron chi connectivity index (χ1n) is 7.90. The number of nitrogens with zero attached hydrogens (tertiary/aromatic N) is 1. The Morgan fingerprint density at radius 1 is 1.27 bits per heavy atom. The van der Waals surface area contributed by atoms with Crippen LogP contribution in [0.15, 0.2) is 12.1 Å². The summed E-state index contributed by atoms with van der Waals surface area (Å²) in [6.07, 6.45) is 0.811. The van der Waals surface area contributed by atoms with Gasteiger partial charge in [0.15, 0.2) is 0 Å². The molecule has 2 rings (SSSR count). The molecule has 1 aromatic carbocycles. The number of hydrogen-bond donors (Lipinski definition) is 2. The van der Waals surface area contributed by atoms with E-state index in [4.69, 9.17) is 5.11 Å². The lowest BCUT2D eigenvalue weighted by molar-refractivity contribution is -0.136. The lowest BCUT2D eigenvalue weighted by Crippen LogP contribution is -2.13. The van der Waals surface area contributed by atoms with Gasteiger partial charge in [0.1, 0.15) is 11.3 Å². The van der Waals surface area contributed by atoms with Crippen molar-refractivity contribution in [3.8, 4) is 0 Å². The Morgan fingerprint density at radius 3 is 2.19 bits per heavy atom. The summed E-state index contributed by atoms with van der Waals surface area (Å²) in [4.78, 5) is 15.4. The molecule has 0 fully saturated rings. The van der Waals surface area contributed by atoms with Gasteiger partial charge < -0.3 is 5.11 Å². The van der Waals surface area contributed by atoms with Gasteiger partial charge in [-0.15, -0.1) is 0 Å². The summed E-state index contributed by atoms with van der Waals surface area (Å²) in [5.41, 5.74) is 3.01. The third kappa shape index (κ3) is 6.03. The molecule has 0 saturated carbocycles. The van der Waals surface area contributed by atoms with E-state index in [0.717, 1.165) is 17.4 Å². The number of halogens is 1. The summed E-state index contributed by atoms with van der Waals surface area (Å²) in [7, 11) is -3.17. The molecular weight excluding hydrogens is 359 g/mol. The first-order valence-corrected chi connectivity index (χ1v) is 9.86. The molecule has 1 heterocycles. The van der Waals surface area contributed by atoms with Gasteiger partial charge in [0, 0.05) is 11.1 Å². The number of aromatic nitrogens is 1. The van der Waals surface area contributed by atoms with E-state index in [1.54, 1.807) is 6.92 Å². The molecular formula is C18H25FN2O4S. The van der Waals surface area contributed by atoms with Gasteiger partial charge in [-0.25, -0.2) is 22.9 Å². The van der Waals surface area contributed by atoms with Crippen LogP contribution in [0.1, 0.15) is 43.2 Å². The molecule has 0 radical (unpaired) electrons. The number of carbonyl (C=O) groups is 1. The van der Waals surface area contributed by atoms with Crippen LogP contribution in [0.2, 0.25) is 0 Å². The first-order chi connectivity index (χ1) is 11.6. The van der Waals surface area contributed by atoms with E-state index in [0.29, 0.717) is 16.6 Å². The van der Waals surface area contributed by atoms with Crippen molar-refractivity contribution in [1.29, 1.82) is 0 Å². The smallest absolute Gasteiger partial charge is 0.307 e. The maximum atomic E-state index is 14.4. The Kier molecular flexibility index (Phi) is 6.49. The van der Waals surface area contributed by atoms with Gasteiger partial charge in [0.25, 0.3) is 0 Å². The van der Waals surface area contributed by atoms with Crippen LogP contribution in [0.5, 0.6) is 0 Å². The summed E-state index contributed by atoms with van der Waals surface area (Å²) in [6.45, 7) is 9.61. The summed E-state index contributed by atoms with van der Waals surface area (Å²) < 4.78 is 33.2. The van der Waals surface area contributed by atoms with Crippen LogP contribution in [0, 0.1) is 19.7 Å². The Bertz CT molecular complexity index is 940. The predicted molar refractivity (Wildman–Crippen MR) is 100 cm³/mol. The third-order valence-electron chi connectivity index (χ3n) is 3.86. The van der Waals surface area contributed by atoms with E-state index >= 15 is 0 Å². The number of fused-ring (bicyclic) bond motifs is 1. The van der Waals surface area contributed by atoms with E-state index in [2.05, 4.69) is 10.1 Å². The minimum Gasteiger partial charge on any atom is -0.481 e. The Morgan fingerprint density at radius 2 is 1.77 bits per heavy atom. The standard InChI is InChI=1S/C17H20FNO2.CH5NO2S/c1-9-10(2)19-16-13(12(9)8-15(20)21)6-11(7-14(16)18)17(3,4)5;1-5(2,3)4/h6-7H,8H2,1-5H3,(H,20,21);1H3,(H2,2,3,4). The number of aryl methyl sites for hydroxylation is 1. The molecule has 8 heteroatoms. The average molecular weight is 384 g/mol. The molecule has 0 amide bonds. The maximum absolute atomic E-state index is 14.4. The van der Waals surface area contributed by atoms with E-state index in [1.807, 2.05) is 33.8 Å². The van der Waals surface area contributed by atoms with Gasteiger partial charge in [-0.3, -0.25) is 4.79 Å². The SMILES string of the molecule is CS(N)(=O)=O.Cc1nc2c(F)cc(C(C)(C)C)cc2c(CC(=O)O)c1C. The van der Waals surface area contributed by atoms with Gasteiger partial charge in [0.05, 0.1) is 12.7 Å². The molecule has 6 nitrogen and oxygen atoms in total. The fourth-order valence-corrected chi connectivity index (χ4v) is 2.43. The number of nitrogens with two attached hydrogens (primary N) is 1. The number of hydrogen-bond acceptors (Lipinski definition) is 4. The van der Waals surface area contributed by atoms with Crippen LogP contribution in [-0.4, -0.2) is 30.7 Å². The number of rotatable bonds is 2. The van der Waals surface area contributed by atoms with Gasteiger partial charge >= 0.3 is 5.97 Å². The number of pyridine rings is 1. The topological polar surface area (TPSA) is 110 Å². The normalized spacial score (nSPS) is 11.8. The highest BCUT2D eigenvalue weighted by Crippen LogP contribution is 2.31. The molecule has 0 atom stereocenters. The van der Waals surface area contributed by atoms with E-state index in [-0.39, 0.29) is 17.4 Å². The van der Waals surface area contributed by atoms with E-state index in [9.17, 15) is 17.6 Å². The second-order valence-electron chi connectivity index (χ2n) is 7.31. The summed E-state index contributed by atoms with van der Waals surface area (Å²) in [5, 5.41) is 14.1. The number of primary sulfonamides is 1. The van der Waals surface area contributed by atoms with Crippen molar-refractivity contribution in [2.75, 3.05) is 6.26 Å². The Labute approximate surface area is 153 Å². The highest BCUT2D eigenvalue weighted by atomic mass is 32.2. The average Bonchev–Trinajstić information content (AvgIpc) is 2.41. The molecule has 0 spiro atoms. The van der Waals surface area contributed by atoms with Gasteiger partial charge in [-0.05, 0) is 48.1 Å². The van der Waals surface area contributed by atoms with Gasteiger partial charge in [-0.1, -0.05) is 20.8 Å². The Hall–Kier alpha value is -2.06. The molecule has 0 saturated heterocycles. The molecule has 0 aliphatic carbocycles. The second kappa shape index (κ2) is 7.67. The van der Waals surface area contributed by atoms with Crippen molar-refractivity contribution >= 4 is 26.9 Å². The zero-order valence-electron chi connectivity index (χ0n) is 15.8. The Balaban J connectivity index is 0.000000597. The number of aliphatic carboxylic acids is 1. The molecule has 0 aliphatic rings. The first kappa shape index (κ1) is 22.0. The minimum absolute atomic E-state index is 0.126. The molecule has 0 unspecified atom stereocenters. The lowest BCUT2D eigenvalue weighted by atomic mass is 9.85. The quantitative estimate of drug-likeness (QED) is 0.827. The fraction of sp³-hybridized carbons (Fsp3) is 0.444. The van der Waals surface area contributed by atoms with E-state index in [1.165, 1.54) is 6.07 Å². The van der Waals surface area contributed by atoms with Crippen LogP contribution in [0.25, 0.3) is 10.9 Å². The van der Waals surface area contributed by atoms with Gasteiger partial charge in [0.2, 0.25) is 10.0 Å². The highest BCUT2D eigenvalue weighted by Gasteiger charge is 2.20. The third-order valence-corrected chi connectivity index (χ3v) is 3.86. The van der Waals surface area contributed by atoms with Crippen molar-refractivity contribution in [3.05, 3.63) is 40.3 Å². The van der Waals surface area contributed by atoms with Crippen LogP contribution < -0.4 is 5.14 Å². The number of carboxylic acids is 1. The summed E-state index contributed by atoms with van der Waals surface area (Å²) >= 11 is 0. The highest BCUT2D eigenvalue weighted by molar-refractivity contribution is 7.88. The molecule has 26 heavy (non-hydrogen) atoms. The zero-order valence-corrected chi connectivity index (χ0v) is 16.7. The molecule has 0 bridgehead atoms. The monoisotopic (exact) mass is 384 g/mol. The molecule has 2 aromatic rings. The molecule has 144 valence electrons. The summed E-state index contributed by atoms with van der Waals surface area (Å²) in [6, 6.07) is 3.37. The van der Waals surface area contributed by atoms with Crippen molar-refractivity contribution < 1.29 is 22.7 Å². The maximum Gasteiger partial charge on any atom is 0.307 e. The number of sulfonamides is 1. The van der Waals surface area contributed by atoms with Crippen molar-refractivity contribution in [1.82, 2.24) is 4.98 Å². The minimum atomic E-state index is -3.17. The van der Waals surface area contributed by atoms with Crippen molar-refractivity contribution in [2.45, 2.75) is 46.5 Å². The van der Waals surface area contributed by atoms with Crippen molar-refractivity contribution in [2.24, 2.45) is 5.14 Å².